The van der Waals surface area contributed by atoms with E-state index in [9.17, 15) is 0 Å². The highest BCUT2D eigenvalue weighted by atomic mass is 15.3. The highest BCUT2D eigenvalue weighted by Crippen LogP contribution is 2.27. The molecule has 0 aromatic carbocycles. The van der Waals surface area contributed by atoms with Gasteiger partial charge >= 0.3 is 0 Å². The van der Waals surface area contributed by atoms with Gasteiger partial charge in [-0.25, -0.2) is 0 Å². The molecule has 3 aliphatic rings. The third kappa shape index (κ3) is 3.14. The van der Waals surface area contributed by atoms with Crippen LogP contribution in [-0.4, -0.2) is 61.2 Å². The van der Waals surface area contributed by atoms with E-state index in [1.54, 1.807) is 0 Å². The minimum Gasteiger partial charge on any atom is -0.315 e. The lowest BCUT2D eigenvalue weighted by molar-refractivity contribution is 0.0456. The molecule has 0 spiro atoms. The lowest BCUT2D eigenvalue weighted by atomic mass is 9.89. The summed E-state index contributed by atoms with van der Waals surface area (Å²) in [7, 11) is 2.15. The van der Waals surface area contributed by atoms with Crippen molar-refractivity contribution in [1.82, 2.24) is 15.1 Å². The Kier molecular flexibility index (Phi) is 4.78. The van der Waals surface area contributed by atoms with E-state index in [1.165, 1.54) is 77.5 Å². The predicted molar refractivity (Wildman–Crippen MR) is 80.5 cm³/mol. The van der Waals surface area contributed by atoms with Crippen LogP contribution >= 0.6 is 0 Å². The van der Waals surface area contributed by atoms with Crippen molar-refractivity contribution in [2.24, 2.45) is 0 Å². The van der Waals surface area contributed by atoms with Gasteiger partial charge in [0.05, 0.1) is 0 Å². The smallest absolute Gasteiger partial charge is 0.0250 e. The van der Waals surface area contributed by atoms with Crippen molar-refractivity contribution in [3.63, 3.8) is 0 Å². The van der Waals surface area contributed by atoms with E-state index < -0.39 is 0 Å². The van der Waals surface area contributed by atoms with Gasteiger partial charge in [-0.3, -0.25) is 9.80 Å². The summed E-state index contributed by atoms with van der Waals surface area (Å²) in [6, 6.07) is 2.48. The number of hydrogen-bond acceptors (Lipinski definition) is 3. The van der Waals surface area contributed by atoms with E-state index in [1.807, 2.05) is 0 Å². The van der Waals surface area contributed by atoms with Crippen molar-refractivity contribution in [2.75, 3.05) is 33.2 Å². The standard InChI is InChI=1S/C16H31N3/c1-17-15-8-4-5-9-16(15)19-12-10-18(11-13-19)14-6-2-3-7-14/h14-17H,2-13H2,1H3. The Labute approximate surface area is 118 Å². The molecule has 0 bridgehead atoms. The minimum atomic E-state index is 0.742. The molecule has 110 valence electrons. The van der Waals surface area contributed by atoms with Crippen molar-refractivity contribution in [1.29, 1.82) is 0 Å². The van der Waals surface area contributed by atoms with Crippen LogP contribution < -0.4 is 5.32 Å². The van der Waals surface area contributed by atoms with Crippen molar-refractivity contribution < 1.29 is 0 Å². The zero-order valence-corrected chi connectivity index (χ0v) is 12.6. The fraction of sp³-hybridized carbons (Fsp3) is 1.00. The largest absolute Gasteiger partial charge is 0.315 e. The molecule has 3 heteroatoms. The number of nitrogens with zero attached hydrogens (tertiary/aromatic N) is 2. The van der Waals surface area contributed by atoms with Gasteiger partial charge in [-0.05, 0) is 32.7 Å². The van der Waals surface area contributed by atoms with Gasteiger partial charge in [0.1, 0.15) is 0 Å². The molecule has 3 rings (SSSR count). The van der Waals surface area contributed by atoms with Gasteiger partial charge < -0.3 is 5.32 Å². The summed E-state index contributed by atoms with van der Waals surface area (Å²) in [6.07, 6.45) is 11.5. The van der Waals surface area contributed by atoms with Crippen LogP contribution in [0, 0.1) is 0 Å². The molecule has 0 amide bonds. The van der Waals surface area contributed by atoms with Crippen molar-refractivity contribution in [3.8, 4) is 0 Å². The maximum Gasteiger partial charge on any atom is 0.0250 e. The Morgan fingerprint density at radius 2 is 1.32 bits per heavy atom. The quantitative estimate of drug-likeness (QED) is 0.843. The molecule has 2 unspecified atom stereocenters. The molecular formula is C16H31N3. The molecule has 1 saturated heterocycles. The molecule has 19 heavy (non-hydrogen) atoms. The maximum atomic E-state index is 3.56. The third-order valence-electron chi connectivity index (χ3n) is 5.76. The lowest BCUT2D eigenvalue weighted by Gasteiger charge is -2.45. The molecule has 2 saturated carbocycles. The third-order valence-corrected chi connectivity index (χ3v) is 5.76. The summed E-state index contributed by atoms with van der Waals surface area (Å²) in [6.45, 7) is 5.24. The Bertz CT molecular complexity index is 267. The highest BCUT2D eigenvalue weighted by Gasteiger charge is 2.33. The van der Waals surface area contributed by atoms with E-state index in [0.29, 0.717) is 0 Å². The number of likely N-dealkylation sites (N-methyl/N-ethyl adjacent to an activating group) is 1. The Hall–Kier alpha value is -0.120. The fourth-order valence-electron chi connectivity index (χ4n) is 4.59. The van der Waals surface area contributed by atoms with Crippen LogP contribution in [0.1, 0.15) is 51.4 Å². The van der Waals surface area contributed by atoms with Crippen molar-refractivity contribution in [3.05, 3.63) is 0 Å². The van der Waals surface area contributed by atoms with Crippen LogP contribution in [-0.2, 0) is 0 Å². The number of hydrogen-bond donors (Lipinski definition) is 1. The lowest BCUT2D eigenvalue weighted by Crippen LogP contribution is -2.58. The van der Waals surface area contributed by atoms with E-state index in [2.05, 4.69) is 22.2 Å². The van der Waals surface area contributed by atoms with Gasteiger partial charge in [0.2, 0.25) is 0 Å². The second-order valence-corrected chi connectivity index (χ2v) is 6.76. The first-order valence-corrected chi connectivity index (χ1v) is 8.54. The van der Waals surface area contributed by atoms with Crippen LogP contribution in [0.15, 0.2) is 0 Å². The summed E-state index contributed by atoms with van der Waals surface area (Å²) in [5.41, 5.74) is 0. The van der Waals surface area contributed by atoms with Gasteiger partial charge in [-0.2, -0.15) is 0 Å². The zero-order valence-electron chi connectivity index (χ0n) is 12.6. The predicted octanol–water partition coefficient (Wildman–Crippen LogP) is 2.08. The van der Waals surface area contributed by atoms with E-state index in [-0.39, 0.29) is 0 Å². The molecule has 1 aliphatic heterocycles. The summed E-state index contributed by atoms with van der Waals surface area (Å²) in [5, 5.41) is 3.56. The SMILES string of the molecule is CNC1CCCCC1N1CCN(C2CCCC2)CC1. The van der Waals surface area contributed by atoms with Crippen LogP contribution in [0.25, 0.3) is 0 Å². The van der Waals surface area contributed by atoms with Crippen LogP contribution in [0.5, 0.6) is 0 Å². The second kappa shape index (κ2) is 6.55. The molecule has 2 atom stereocenters. The van der Waals surface area contributed by atoms with Gasteiger partial charge in [-0.15, -0.1) is 0 Å². The molecule has 1 heterocycles. The first kappa shape index (κ1) is 13.8. The molecular weight excluding hydrogens is 234 g/mol. The van der Waals surface area contributed by atoms with E-state index in [4.69, 9.17) is 0 Å². The maximum absolute atomic E-state index is 3.56. The van der Waals surface area contributed by atoms with Crippen LogP contribution in [0.3, 0.4) is 0 Å². The zero-order chi connectivity index (χ0) is 13.1. The van der Waals surface area contributed by atoms with Crippen LogP contribution in [0.4, 0.5) is 0 Å². The van der Waals surface area contributed by atoms with E-state index >= 15 is 0 Å². The topological polar surface area (TPSA) is 18.5 Å². The second-order valence-electron chi connectivity index (χ2n) is 6.76. The minimum absolute atomic E-state index is 0.742. The molecule has 2 aliphatic carbocycles. The van der Waals surface area contributed by atoms with Crippen LogP contribution in [0.2, 0.25) is 0 Å². The van der Waals surface area contributed by atoms with E-state index in [0.717, 1.165) is 18.1 Å². The monoisotopic (exact) mass is 265 g/mol. The fourth-order valence-corrected chi connectivity index (χ4v) is 4.59. The average Bonchev–Trinajstić information content (AvgIpc) is 3.02. The molecule has 3 fully saturated rings. The average molecular weight is 265 g/mol. The Morgan fingerprint density at radius 1 is 0.737 bits per heavy atom. The molecule has 0 radical (unpaired) electrons. The van der Waals surface area contributed by atoms with Gasteiger partial charge in [0.25, 0.3) is 0 Å². The summed E-state index contributed by atoms with van der Waals surface area (Å²) >= 11 is 0. The molecule has 0 aromatic heterocycles. The number of nitrogens with one attached hydrogen (secondary N) is 1. The molecule has 1 N–H and O–H groups in total. The normalized spacial score (nSPS) is 35.8. The van der Waals surface area contributed by atoms with Crippen molar-refractivity contribution >= 4 is 0 Å². The summed E-state index contributed by atoms with van der Waals surface area (Å²) < 4.78 is 0. The molecule has 3 nitrogen and oxygen atoms in total. The summed E-state index contributed by atoms with van der Waals surface area (Å²) in [5.74, 6) is 0. The number of piperazine rings is 1. The first-order chi connectivity index (χ1) is 9.38. The Morgan fingerprint density at radius 3 is 2.00 bits per heavy atom. The van der Waals surface area contributed by atoms with Gasteiger partial charge in [0, 0.05) is 44.3 Å². The van der Waals surface area contributed by atoms with Crippen molar-refractivity contribution in [2.45, 2.75) is 69.5 Å². The Balaban J connectivity index is 1.51. The highest BCUT2D eigenvalue weighted by molar-refractivity contribution is 4.91. The number of rotatable bonds is 3. The summed E-state index contributed by atoms with van der Waals surface area (Å²) in [4.78, 5) is 5.56. The molecule has 0 aromatic rings. The first-order valence-electron chi connectivity index (χ1n) is 8.54. The van der Waals surface area contributed by atoms with Gasteiger partial charge in [0.15, 0.2) is 0 Å². The van der Waals surface area contributed by atoms with Gasteiger partial charge in [-0.1, -0.05) is 25.7 Å².